The SMILES string of the molecule is Cc1snnc1-c1nn2c(-c3ccco3)nnc2s1. The molecule has 0 aliphatic carbocycles. The van der Waals surface area contributed by atoms with Gasteiger partial charge in [0.25, 0.3) is 0 Å². The maximum Gasteiger partial charge on any atom is 0.235 e. The molecule has 4 aromatic heterocycles. The molecule has 0 fully saturated rings. The van der Waals surface area contributed by atoms with E-state index in [1.165, 1.54) is 22.9 Å². The van der Waals surface area contributed by atoms with Crippen LogP contribution in [0.5, 0.6) is 0 Å². The van der Waals surface area contributed by atoms with Crippen LogP contribution in [0, 0.1) is 6.92 Å². The molecule has 0 aliphatic rings. The topological polar surface area (TPSA) is 82.0 Å². The average Bonchev–Trinajstić information content (AvgIpc) is 3.10. The third-order valence-electron chi connectivity index (χ3n) is 2.59. The van der Waals surface area contributed by atoms with Gasteiger partial charge in [-0.25, -0.2) is 0 Å². The number of hydrogen-bond donors (Lipinski definition) is 0. The van der Waals surface area contributed by atoms with Crippen LogP contribution in [0.25, 0.3) is 27.2 Å². The Morgan fingerprint density at radius 3 is 2.95 bits per heavy atom. The lowest BCUT2D eigenvalue weighted by atomic mass is 10.4. The molecule has 0 spiro atoms. The minimum atomic E-state index is 0.586. The summed E-state index contributed by atoms with van der Waals surface area (Å²) in [5.41, 5.74) is 0.797. The first-order valence-electron chi connectivity index (χ1n) is 5.38. The number of hydrogen-bond acceptors (Lipinski definition) is 8. The minimum absolute atomic E-state index is 0.586. The van der Waals surface area contributed by atoms with E-state index in [1.807, 2.05) is 13.0 Å². The Kier molecular flexibility index (Phi) is 2.23. The highest BCUT2D eigenvalue weighted by atomic mass is 32.1. The van der Waals surface area contributed by atoms with Gasteiger partial charge in [-0.1, -0.05) is 15.8 Å². The third kappa shape index (κ3) is 1.59. The molecule has 7 nitrogen and oxygen atoms in total. The van der Waals surface area contributed by atoms with Gasteiger partial charge in [0.1, 0.15) is 5.69 Å². The van der Waals surface area contributed by atoms with Crippen molar-refractivity contribution in [3.8, 4) is 22.3 Å². The Hall–Kier alpha value is -2.13. The van der Waals surface area contributed by atoms with Gasteiger partial charge in [-0.3, -0.25) is 0 Å². The van der Waals surface area contributed by atoms with Gasteiger partial charge in [-0.15, -0.1) is 15.3 Å². The summed E-state index contributed by atoms with van der Waals surface area (Å²) in [4.78, 5) is 1.73. The van der Waals surface area contributed by atoms with E-state index in [0.29, 0.717) is 16.5 Å². The van der Waals surface area contributed by atoms with E-state index in [-0.39, 0.29) is 0 Å². The van der Waals surface area contributed by atoms with Crippen molar-refractivity contribution in [1.82, 2.24) is 29.4 Å². The van der Waals surface area contributed by atoms with Gasteiger partial charge < -0.3 is 4.42 Å². The van der Waals surface area contributed by atoms with Crippen molar-refractivity contribution in [2.45, 2.75) is 6.92 Å². The summed E-state index contributed by atoms with van der Waals surface area (Å²) in [5, 5.41) is 17.5. The fraction of sp³-hybridized carbons (Fsp3) is 0.100. The van der Waals surface area contributed by atoms with E-state index >= 15 is 0 Å². The molecule has 0 atom stereocenters. The minimum Gasteiger partial charge on any atom is -0.461 e. The van der Waals surface area contributed by atoms with Gasteiger partial charge in [-0.2, -0.15) is 9.61 Å². The first-order chi connectivity index (χ1) is 9.33. The van der Waals surface area contributed by atoms with Crippen LogP contribution in [0.15, 0.2) is 22.8 Å². The van der Waals surface area contributed by atoms with Crippen LogP contribution >= 0.6 is 22.9 Å². The predicted octanol–water partition coefficient (Wildman–Crippen LogP) is 2.27. The van der Waals surface area contributed by atoms with Crippen molar-refractivity contribution in [2.24, 2.45) is 0 Å². The van der Waals surface area contributed by atoms with Crippen LogP contribution in [0.4, 0.5) is 0 Å². The quantitative estimate of drug-likeness (QED) is 0.563. The van der Waals surface area contributed by atoms with Gasteiger partial charge >= 0.3 is 0 Å². The third-order valence-corrected chi connectivity index (χ3v) is 4.12. The second-order valence-corrected chi connectivity index (χ2v) is 5.69. The molecule has 0 saturated heterocycles. The molecule has 0 unspecified atom stereocenters. The molecule has 0 aromatic carbocycles. The van der Waals surface area contributed by atoms with Crippen LogP contribution in [-0.4, -0.2) is 29.4 Å². The summed E-state index contributed by atoms with van der Waals surface area (Å²) in [5.74, 6) is 1.22. The van der Waals surface area contributed by atoms with Crippen molar-refractivity contribution < 1.29 is 4.42 Å². The maximum absolute atomic E-state index is 5.33. The second-order valence-electron chi connectivity index (χ2n) is 3.78. The monoisotopic (exact) mass is 290 g/mol. The predicted molar refractivity (Wildman–Crippen MR) is 70.0 cm³/mol. The molecular formula is C10H6N6OS2. The van der Waals surface area contributed by atoms with Crippen molar-refractivity contribution in [2.75, 3.05) is 0 Å². The van der Waals surface area contributed by atoms with Crippen LogP contribution in [0.3, 0.4) is 0 Å². The van der Waals surface area contributed by atoms with Crippen LogP contribution in [-0.2, 0) is 0 Å². The average molecular weight is 290 g/mol. The maximum atomic E-state index is 5.33. The Morgan fingerprint density at radius 2 is 2.21 bits per heavy atom. The van der Waals surface area contributed by atoms with Crippen molar-refractivity contribution >= 4 is 27.8 Å². The number of aromatic nitrogens is 6. The van der Waals surface area contributed by atoms with Gasteiger partial charge in [0, 0.05) is 0 Å². The number of aryl methyl sites for hydroxylation is 1. The smallest absolute Gasteiger partial charge is 0.235 e. The molecule has 4 aromatic rings. The molecule has 4 rings (SSSR count). The highest BCUT2D eigenvalue weighted by Crippen LogP contribution is 2.29. The van der Waals surface area contributed by atoms with Crippen LogP contribution in [0.2, 0.25) is 0 Å². The zero-order valence-corrected chi connectivity index (χ0v) is 11.3. The highest BCUT2D eigenvalue weighted by Gasteiger charge is 2.18. The summed E-state index contributed by atoms with van der Waals surface area (Å²) in [7, 11) is 0. The van der Waals surface area contributed by atoms with Crippen LogP contribution in [0.1, 0.15) is 4.88 Å². The van der Waals surface area contributed by atoms with Crippen molar-refractivity contribution in [3.05, 3.63) is 23.3 Å². The van der Waals surface area contributed by atoms with E-state index in [9.17, 15) is 0 Å². The molecule has 0 amide bonds. The molecule has 4 heterocycles. The summed E-state index contributed by atoms with van der Waals surface area (Å²) >= 11 is 2.78. The Labute approximate surface area is 114 Å². The molecule has 0 radical (unpaired) electrons. The van der Waals surface area contributed by atoms with Gasteiger partial charge in [-0.05, 0) is 30.6 Å². The number of rotatable bonds is 2. The van der Waals surface area contributed by atoms with E-state index in [4.69, 9.17) is 4.42 Å². The van der Waals surface area contributed by atoms with Gasteiger partial charge in [0.15, 0.2) is 10.8 Å². The zero-order valence-electron chi connectivity index (χ0n) is 9.64. The standard InChI is InChI=1S/C10H6N6OS2/c1-5-7(11-15-19-5)9-14-16-8(6-3-2-4-17-6)12-13-10(16)18-9/h2-4H,1H3. The lowest BCUT2D eigenvalue weighted by Gasteiger charge is -1.90. The molecule has 9 heteroatoms. The fourth-order valence-corrected chi connectivity index (χ4v) is 3.12. The summed E-state index contributed by atoms with van der Waals surface area (Å²) in [6.45, 7) is 1.97. The lowest BCUT2D eigenvalue weighted by Crippen LogP contribution is -1.90. The van der Waals surface area contributed by atoms with Gasteiger partial charge in [0.05, 0.1) is 11.1 Å². The normalized spacial score (nSPS) is 11.4. The molecule has 0 aliphatic heterocycles. The zero-order chi connectivity index (χ0) is 12.8. The molecule has 0 N–H and O–H groups in total. The molecule has 0 bridgehead atoms. The Balaban J connectivity index is 1.92. The van der Waals surface area contributed by atoms with Crippen LogP contribution < -0.4 is 0 Å². The van der Waals surface area contributed by atoms with Crippen molar-refractivity contribution in [1.29, 1.82) is 0 Å². The summed E-state index contributed by atoms with van der Waals surface area (Å²) in [6, 6.07) is 3.63. The molecule has 19 heavy (non-hydrogen) atoms. The molecule has 94 valence electrons. The van der Waals surface area contributed by atoms with E-state index < -0.39 is 0 Å². The van der Waals surface area contributed by atoms with E-state index in [1.54, 1.807) is 16.8 Å². The van der Waals surface area contributed by atoms with E-state index in [2.05, 4.69) is 24.9 Å². The first kappa shape index (κ1) is 10.8. The Morgan fingerprint density at radius 1 is 1.26 bits per heavy atom. The molecule has 0 saturated carbocycles. The number of nitrogens with zero attached hydrogens (tertiary/aromatic N) is 6. The largest absolute Gasteiger partial charge is 0.461 e. The van der Waals surface area contributed by atoms with Crippen molar-refractivity contribution in [3.63, 3.8) is 0 Å². The molecular weight excluding hydrogens is 284 g/mol. The lowest BCUT2D eigenvalue weighted by molar-refractivity contribution is 0.575. The fourth-order valence-electron chi connectivity index (χ4n) is 1.70. The summed E-state index contributed by atoms with van der Waals surface area (Å²) in [6.07, 6.45) is 1.60. The first-order valence-corrected chi connectivity index (χ1v) is 6.97. The second kappa shape index (κ2) is 3.93. The van der Waals surface area contributed by atoms with E-state index in [0.717, 1.165) is 15.6 Å². The summed E-state index contributed by atoms with van der Waals surface area (Å²) < 4.78 is 10.9. The highest BCUT2D eigenvalue weighted by molar-refractivity contribution is 7.20. The van der Waals surface area contributed by atoms with Gasteiger partial charge in [0.2, 0.25) is 10.8 Å². The number of furan rings is 1. The Bertz CT molecular complexity index is 843. The number of fused-ring (bicyclic) bond motifs is 1.